The van der Waals surface area contributed by atoms with E-state index in [0.717, 1.165) is 69.7 Å². The number of carbonyl (C=O) groups is 2. The Morgan fingerprint density at radius 3 is 2.31 bits per heavy atom. The highest BCUT2D eigenvalue weighted by atomic mass is 35.5. The molecule has 0 bridgehead atoms. The second-order valence-electron chi connectivity index (χ2n) is 10.0. The number of hydrogen-bond acceptors (Lipinski definition) is 5. The van der Waals surface area contributed by atoms with Crippen molar-refractivity contribution in [1.82, 2.24) is 9.80 Å². The molecule has 0 saturated carbocycles. The van der Waals surface area contributed by atoms with E-state index in [1.165, 1.54) is 11.8 Å². The standard InChI is InChI=1S/C30H42Cl2N4O3/c1-5-14-35(15-6-2)30(38)36(24(4)37)28-22-25(13-12-23(28)3)39-21-8-7-16-33-17-19-34(20-18-33)27-11-9-10-26(31)29(27)32/h9-13,22H,5-8,14-21H2,1-4H3. The molecule has 1 aliphatic heterocycles. The molecule has 39 heavy (non-hydrogen) atoms. The first-order valence-electron chi connectivity index (χ1n) is 14.0. The monoisotopic (exact) mass is 576 g/mol. The van der Waals surface area contributed by atoms with Crippen molar-refractivity contribution in [1.29, 1.82) is 0 Å². The van der Waals surface area contributed by atoms with Crippen molar-refractivity contribution in [2.45, 2.75) is 53.4 Å². The number of ether oxygens (including phenoxy) is 1. The normalized spacial score (nSPS) is 13.8. The van der Waals surface area contributed by atoms with Gasteiger partial charge in [-0.15, -0.1) is 0 Å². The van der Waals surface area contributed by atoms with Gasteiger partial charge in [0.1, 0.15) is 5.75 Å². The molecule has 0 aliphatic carbocycles. The van der Waals surface area contributed by atoms with Crippen molar-refractivity contribution in [3.63, 3.8) is 0 Å². The van der Waals surface area contributed by atoms with Gasteiger partial charge in [0.05, 0.1) is 28.0 Å². The van der Waals surface area contributed by atoms with E-state index in [2.05, 4.69) is 9.80 Å². The van der Waals surface area contributed by atoms with Gasteiger partial charge in [-0.3, -0.25) is 9.69 Å². The van der Waals surface area contributed by atoms with E-state index in [0.29, 0.717) is 41.2 Å². The lowest BCUT2D eigenvalue weighted by atomic mass is 10.1. The minimum atomic E-state index is -0.296. The van der Waals surface area contributed by atoms with Gasteiger partial charge < -0.3 is 14.5 Å². The summed E-state index contributed by atoms with van der Waals surface area (Å²) in [5.41, 5.74) is 2.44. The summed E-state index contributed by atoms with van der Waals surface area (Å²) < 4.78 is 6.04. The van der Waals surface area contributed by atoms with Crippen molar-refractivity contribution >= 4 is 46.5 Å². The Bertz CT molecular complexity index is 1100. The van der Waals surface area contributed by atoms with Crippen molar-refractivity contribution < 1.29 is 14.3 Å². The first-order chi connectivity index (χ1) is 18.8. The van der Waals surface area contributed by atoms with Crippen LogP contribution in [0, 0.1) is 6.92 Å². The van der Waals surface area contributed by atoms with E-state index in [-0.39, 0.29) is 11.9 Å². The van der Waals surface area contributed by atoms with Crippen LogP contribution in [0.5, 0.6) is 5.75 Å². The van der Waals surface area contributed by atoms with Gasteiger partial charge in [-0.05, 0) is 62.9 Å². The molecular weight excluding hydrogens is 535 g/mol. The van der Waals surface area contributed by atoms with Crippen molar-refractivity contribution in [2.75, 3.05) is 62.2 Å². The summed E-state index contributed by atoms with van der Waals surface area (Å²) in [6.45, 7) is 14.0. The Kier molecular flexibility index (Phi) is 12.2. The van der Waals surface area contributed by atoms with Gasteiger partial charge >= 0.3 is 6.03 Å². The molecule has 1 saturated heterocycles. The molecule has 0 spiro atoms. The molecule has 1 fully saturated rings. The van der Waals surface area contributed by atoms with Crippen molar-refractivity contribution in [3.8, 4) is 5.75 Å². The summed E-state index contributed by atoms with van der Waals surface area (Å²) in [7, 11) is 0. The van der Waals surface area contributed by atoms with E-state index in [4.69, 9.17) is 27.9 Å². The minimum absolute atomic E-state index is 0.274. The topological polar surface area (TPSA) is 56.3 Å². The largest absolute Gasteiger partial charge is 0.494 e. The summed E-state index contributed by atoms with van der Waals surface area (Å²) in [6, 6.07) is 11.1. The highest BCUT2D eigenvalue weighted by Gasteiger charge is 2.27. The van der Waals surface area contributed by atoms with Crippen LogP contribution >= 0.6 is 23.2 Å². The molecule has 214 valence electrons. The molecule has 0 radical (unpaired) electrons. The molecule has 9 heteroatoms. The highest BCUT2D eigenvalue weighted by molar-refractivity contribution is 6.43. The Balaban J connectivity index is 1.49. The summed E-state index contributed by atoms with van der Waals surface area (Å²) in [6.07, 6.45) is 3.62. The van der Waals surface area contributed by atoms with E-state index in [1.54, 1.807) is 4.90 Å². The second-order valence-corrected chi connectivity index (χ2v) is 10.8. The lowest BCUT2D eigenvalue weighted by Crippen LogP contribution is -2.46. The number of imide groups is 1. The van der Waals surface area contributed by atoms with E-state index >= 15 is 0 Å². The number of nitrogens with zero attached hydrogens (tertiary/aromatic N) is 4. The Morgan fingerprint density at radius 1 is 0.974 bits per heavy atom. The molecule has 2 aromatic rings. The molecule has 2 aromatic carbocycles. The van der Waals surface area contributed by atoms with Crippen LogP contribution in [0.25, 0.3) is 0 Å². The van der Waals surface area contributed by atoms with Crippen LogP contribution in [0.2, 0.25) is 10.0 Å². The van der Waals surface area contributed by atoms with Gasteiger partial charge in [0, 0.05) is 52.3 Å². The van der Waals surface area contributed by atoms with Gasteiger partial charge in [-0.1, -0.05) is 49.2 Å². The van der Waals surface area contributed by atoms with Crippen LogP contribution in [0.15, 0.2) is 36.4 Å². The molecule has 0 atom stereocenters. The maximum atomic E-state index is 13.3. The fraction of sp³-hybridized carbons (Fsp3) is 0.533. The molecule has 0 aromatic heterocycles. The SMILES string of the molecule is CCCN(CCC)C(=O)N(C(C)=O)c1cc(OCCCCN2CCN(c3cccc(Cl)c3Cl)CC2)ccc1C. The number of unbranched alkanes of at least 4 members (excludes halogenated alkanes) is 1. The first-order valence-corrected chi connectivity index (χ1v) is 14.8. The number of aryl methyl sites for hydroxylation is 1. The van der Waals surface area contributed by atoms with Crippen LogP contribution in [0.1, 0.15) is 52.0 Å². The van der Waals surface area contributed by atoms with Gasteiger partial charge in [0.25, 0.3) is 0 Å². The van der Waals surface area contributed by atoms with Gasteiger partial charge in [0.2, 0.25) is 5.91 Å². The van der Waals surface area contributed by atoms with Crippen LogP contribution < -0.4 is 14.5 Å². The van der Waals surface area contributed by atoms with Crippen LogP contribution in [-0.2, 0) is 4.79 Å². The quantitative estimate of drug-likeness (QED) is 0.258. The predicted octanol–water partition coefficient (Wildman–Crippen LogP) is 6.88. The van der Waals surface area contributed by atoms with Crippen molar-refractivity contribution in [2.24, 2.45) is 0 Å². The average molecular weight is 578 g/mol. The maximum absolute atomic E-state index is 13.3. The highest BCUT2D eigenvalue weighted by Crippen LogP contribution is 2.33. The van der Waals surface area contributed by atoms with Gasteiger partial charge in [-0.2, -0.15) is 0 Å². The maximum Gasteiger partial charge on any atom is 0.331 e. The minimum Gasteiger partial charge on any atom is -0.494 e. The van der Waals surface area contributed by atoms with Crippen LogP contribution in [0.4, 0.5) is 16.2 Å². The number of halogens is 2. The molecule has 7 nitrogen and oxygen atoms in total. The Labute approximate surface area is 243 Å². The smallest absolute Gasteiger partial charge is 0.331 e. The Hall–Kier alpha value is -2.48. The van der Waals surface area contributed by atoms with Crippen LogP contribution in [0.3, 0.4) is 0 Å². The van der Waals surface area contributed by atoms with Gasteiger partial charge in [0.15, 0.2) is 0 Å². The molecule has 3 rings (SSSR count). The van der Waals surface area contributed by atoms with Crippen LogP contribution in [-0.4, -0.2) is 74.2 Å². The zero-order valence-electron chi connectivity index (χ0n) is 23.7. The number of anilines is 2. The average Bonchev–Trinajstić information content (AvgIpc) is 2.92. The van der Waals surface area contributed by atoms with Crippen molar-refractivity contribution in [3.05, 3.63) is 52.0 Å². The zero-order chi connectivity index (χ0) is 28.4. The molecule has 1 aliphatic rings. The fourth-order valence-electron chi connectivity index (χ4n) is 4.89. The molecular formula is C30H42Cl2N4O3. The van der Waals surface area contributed by atoms with Gasteiger partial charge in [-0.25, -0.2) is 9.69 Å². The number of carbonyl (C=O) groups excluding carboxylic acids is 2. The predicted molar refractivity (Wildman–Crippen MR) is 162 cm³/mol. The fourth-order valence-corrected chi connectivity index (χ4v) is 5.30. The van der Waals surface area contributed by atoms with E-state index < -0.39 is 0 Å². The number of hydrogen-bond donors (Lipinski definition) is 0. The number of rotatable bonds is 12. The number of urea groups is 1. The number of amides is 3. The third kappa shape index (κ3) is 8.50. The first kappa shape index (κ1) is 31.1. The summed E-state index contributed by atoms with van der Waals surface area (Å²) in [5, 5.41) is 1.21. The third-order valence-electron chi connectivity index (χ3n) is 6.97. The molecule has 0 N–H and O–H groups in total. The third-order valence-corrected chi connectivity index (χ3v) is 7.78. The van der Waals surface area contributed by atoms with E-state index in [9.17, 15) is 9.59 Å². The summed E-state index contributed by atoms with van der Waals surface area (Å²) in [4.78, 5) is 33.6. The number of benzene rings is 2. The Morgan fingerprint density at radius 2 is 1.67 bits per heavy atom. The lowest BCUT2D eigenvalue weighted by Gasteiger charge is -2.36. The summed E-state index contributed by atoms with van der Waals surface area (Å²) >= 11 is 12.6. The number of piperazine rings is 1. The zero-order valence-corrected chi connectivity index (χ0v) is 25.2. The lowest BCUT2D eigenvalue weighted by molar-refractivity contribution is -0.116. The van der Waals surface area contributed by atoms with E-state index in [1.807, 2.05) is 57.2 Å². The second kappa shape index (κ2) is 15.3. The summed E-state index contributed by atoms with van der Waals surface area (Å²) in [5.74, 6) is 0.370. The molecule has 3 amide bonds. The molecule has 0 unspecified atom stereocenters. The molecule has 1 heterocycles.